The van der Waals surface area contributed by atoms with E-state index in [1.54, 1.807) is 28.9 Å². The van der Waals surface area contributed by atoms with Gasteiger partial charge in [-0.1, -0.05) is 12.1 Å². The lowest BCUT2D eigenvalue weighted by Gasteiger charge is -2.31. The topological polar surface area (TPSA) is 67.2 Å². The highest BCUT2D eigenvalue weighted by atomic mass is 19.1. The van der Waals surface area contributed by atoms with Gasteiger partial charge < -0.3 is 5.32 Å². The molecular weight excluding hydrogens is 347 g/mol. The Bertz CT molecular complexity index is 1070. The number of hydrogen-bond donors (Lipinski definition) is 1. The molecular formula is C20H17FN4O2. The first-order valence-corrected chi connectivity index (χ1v) is 8.49. The van der Waals surface area contributed by atoms with Crippen molar-refractivity contribution in [2.24, 2.45) is 7.05 Å². The van der Waals surface area contributed by atoms with E-state index >= 15 is 0 Å². The Morgan fingerprint density at radius 3 is 2.93 bits per heavy atom. The maximum absolute atomic E-state index is 13.6. The second-order valence-corrected chi connectivity index (χ2v) is 6.47. The van der Waals surface area contributed by atoms with Crippen molar-refractivity contribution in [1.82, 2.24) is 14.7 Å². The van der Waals surface area contributed by atoms with Gasteiger partial charge in [0.05, 0.1) is 11.6 Å². The van der Waals surface area contributed by atoms with Crippen molar-refractivity contribution < 1.29 is 14.0 Å². The monoisotopic (exact) mass is 364 g/mol. The van der Waals surface area contributed by atoms with Crippen LogP contribution >= 0.6 is 0 Å². The maximum Gasteiger partial charge on any atom is 0.326 e. The first-order valence-electron chi connectivity index (χ1n) is 8.49. The zero-order valence-electron chi connectivity index (χ0n) is 14.6. The van der Waals surface area contributed by atoms with Crippen LogP contribution in [0.15, 0.2) is 60.9 Å². The Morgan fingerprint density at radius 2 is 2.11 bits per heavy atom. The van der Waals surface area contributed by atoms with Gasteiger partial charge in [0.1, 0.15) is 5.82 Å². The molecule has 1 aromatic heterocycles. The third-order valence-corrected chi connectivity index (χ3v) is 4.49. The lowest BCUT2D eigenvalue weighted by molar-refractivity contribution is -0.116. The molecule has 1 aliphatic rings. The summed E-state index contributed by atoms with van der Waals surface area (Å²) in [5, 5.41) is 8.12. The predicted molar refractivity (Wildman–Crippen MR) is 99.5 cm³/mol. The van der Waals surface area contributed by atoms with E-state index in [-0.39, 0.29) is 12.2 Å². The largest absolute Gasteiger partial charge is 0.326 e. The molecule has 1 N–H and O–H groups in total. The number of anilines is 1. The number of rotatable bonds is 2. The first-order chi connectivity index (χ1) is 13.0. The van der Waals surface area contributed by atoms with Crippen LogP contribution in [0.4, 0.5) is 14.9 Å². The zero-order valence-corrected chi connectivity index (χ0v) is 14.6. The van der Waals surface area contributed by atoms with Crippen molar-refractivity contribution in [1.29, 1.82) is 0 Å². The third-order valence-electron chi connectivity index (χ3n) is 4.49. The van der Waals surface area contributed by atoms with Crippen molar-refractivity contribution in [2.75, 3.05) is 5.32 Å². The number of halogens is 1. The van der Waals surface area contributed by atoms with E-state index in [1.165, 1.54) is 29.3 Å². The van der Waals surface area contributed by atoms with Crippen molar-refractivity contribution in [3.8, 4) is 0 Å². The lowest BCUT2D eigenvalue weighted by Crippen LogP contribution is -2.37. The van der Waals surface area contributed by atoms with Crippen LogP contribution in [0.1, 0.15) is 18.0 Å². The van der Waals surface area contributed by atoms with Crippen molar-refractivity contribution in [3.63, 3.8) is 0 Å². The van der Waals surface area contributed by atoms with Crippen LogP contribution in [0.2, 0.25) is 0 Å². The molecule has 0 spiro atoms. The van der Waals surface area contributed by atoms with Gasteiger partial charge in [0, 0.05) is 36.9 Å². The molecule has 2 heterocycles. The summed E-state index contributed by atoms with van der Waals surface area (Å²) in [5.41, 5.74) is 1.93. The van der Waals surface area contributed by atoms with Crippen molar-refractivity contribution in [3.05, 3.63) is 72.3 Å². The minimum absolute atomic E-state index is 0.104. The second-order valence-electron chi connectivity index (χ2n) is 6.47. The van der Waals surface area contributed by atoms with E-state index in [0.717, 1.165) is 10.9 Å². The Hall–Kier alpha value is -3.48. The molecule has 7 heteroatoms. The first kappa shape index (κ1) is 17.0. The van der Waals surface area contributed by atoms with Crippen molar-refractivity contribution in [2.45, 2.75) is 12.5 Å². The smallest absolute Gasteiger partial charge is 0.307 e. The number of nitrogens with one attached hydrogen (secondary N) is 1. The molecule has 6 nitrogen and oxygen atoms in total. The van der Waals surface area contributed by atoms with E-state index in [1.807, 2.05) is 19.3 Å². The molecule has 4 rings (SSSR count). The van der Waals surface area contributed by atoms with Crippen LogP contribution in [-0.2, 0) is 11.8 Å². The Labute approximate surface area is 154 Å². The third kappa shape index (κ3) is 3.44. The average molecular weight is 364 g/mol. The van der Waals surface area contributed by atoms with Gasteiger partial charge in [-0.25, -0.2) is 9.18 Å². The molecule has 0 saturated heterocycles. The quantitative estimate of drug-likeness (QED) is 0.753. The standard InChI is InChI=1S/C20H17FN4O2/c1-24-12-14-5-6-16(10-18(14)23-24)22-20(27)25-8-7-17(26)11-19(25)13-3-2-4-15(21)9-13/h2-10,12,19H,11H2,1H3,(H,22,27)/t19-/m0/s1. The molecule has 1 atom stereocenters. The van der Waals surface area contributed by atoms with Gasteiger partial charge in [0.15, 0.2) is 5.78 Å². The summed E-state index contributed by atoms with van der Waals surface area (Å²) in [5.74, 6) is -0.515. The van der Waals surface area contributed by atoms with Crippen LogP contribution in [-0.4, -0.2) is 26.5 Å². The number of ketones is 1. The Balaban J connectivity index is 1.61. The van der Waals surface area contributed by atoms with Gasteiger partial charge in [-0.2, -0.15) is 5.10 Å². The number of carbonyl (C=O) groups is 2. The fourth-order valence-corrected chi connectivity index (χ4v) is 3.23. The number of urea groups is 1. The van der Waals surface area contributed by atoms with Gasteiger partial charge >= 0.3 is 6.03 Å². The number of fused-ring (bicyclic) bond motifs is 1. The number of aryl methyl sites for hydroxylation is 1. The van der Waals surface area contributed by atoms with Crippen LogP contribution < -0.4 is 5.32 Å². The molecule has 0 unspecified atom stereocenters. The number of benzene rings is 2. The van der Waals surface area contributed by atoms with E-state index in [0.29, 0.717) is 11.3 Å². The molecule has 0 bridgehead atoms. The zero-order chi connectivity index (χ0) is 19.0. The van der Waals surface area contributed by atoms with Crippen LogP contribution in [0.3, 0.4) is 0 Å². The number of carbonyl (C=O) groups excluding carboxylic acids is 2. The highest BCUT2D eigenvalue weighted by molar-refractivity contribution is 5.97. The molecule has 0 aliphatic carbocycles. The SMILES string of the molecule is Cn1cc2ccc(NC(=O)N3C=CC(=O)C[C@H]3c3cccc(F)c3)cc2n1. The van der Waals surface area contributed by atoms with Gasteiger partial charge in [-0.15, -0.1) is 0 Å². The number of nitrogens with zero attached hydrogens (tertiary/aromatic N) is 3. The van der Waals surface area contributed by atoms with E-state index < -0.39 is 17.9 Å². The maximum atomic E-state index is 13.6. The molecule has 1 aliphatic heterocycles. The predicted octanol–water partition coefficient (Wildman–Crippen LogP) is 3.77. The number of allylic oxidation sites excluding steroid dienone is 1. The minimum atomic E-state index is -0.559. The Kier molecular flexibility index (Phi) is 4.19. The summed E-state index contributed by atoms with van der Waals surface area (Å²) in [4.78, 5) is 26.1. The fraction of sp³-hybridized carbons (Fsp3) is 0.150. The minimum Gasteiger partial charge on any atom is -0.307 e. The molecule has 3 aromatic rings. The summed E-state index contributed by atoms with van der Waals surface area (Å²) in [6.45, 7) is 0. The Morgan fingerprint density at radius 1 is 1.26 bits per heavy atom. The summed E-state index contributed by atoms with van der Waals surface area (Å²) in [7, 11) is 1.83. The molecule has 0 saturated carbocycles. The number of amides is 2. The highest BCUT2D eigenvalue weighted by Crippen LogP contribution is 2.30. The summed E-state index contributed by atoms with van der Waals surface area (Å²) >= 11 is 0. The summed E-state index contributed by atoms with van der Waals surface area (Å²) in [6, 6.07) is 10.4. The van der Waals surface area contributed by atoms with Crippen molar-refractivity contribution >= 4 is 28.4 Å². The highest BCUT2D eigenvalue weighted by Gasteiger charge is 2.29. The van der Waals surface area contributed by atoms with Crippen LogP contribution in [0, 0.1) is 5.82 Å². The van der Waals surface area contributed by atoms with Gasteiger partial charge in [-0.3, -0.25) is 14.4 Å². The summed E-state index contributed by atoms with van der Waals surface area (Å²) < 4.78 is 15.3. The molecule has 2 amide bonds. The van der Waals surface area contributed by atoms with E-state index in [4.69, 9.17) is 0 Å². The summed E-state index contributed by atoms with van der Waals surface area (Å²) in [6.07, 6.45) is 4.79. The molecule has 27 heavy (non-hydrogen) atoms. The second kappa shape index (κ2) is 6.68. The van der Waals surface area contributed by atoms with Gasteiger partial charge in [0.2, 0.25) is 0 Å². The van der Waals surface area contributed by atoms with E-state index in [2.05, 4.69) is 10.4 Å². The molecule has 136 valence electrons. The van der Waals surface area contributed by atoms with E-state index in [9.17, 15) is 14.0 Å². The van der Waals surface area contributed by atoms with Gasteiger partial charge in [-0.05, 0) is 42.0 Å². The lowest BCUT2D eigenvalue weighted by atomic mass is 9.97. The number of hydrogen-bond acceptors (Lipinski definition) is 3. The molecule has 2 aromatic carbocycles. The van der Waals surface area contributed by atoms with Crippen LogP contribution in [0.25, 0.3) is 10.9 Å². The average Bonchev–Trinajstić information content (AvgIpc) is 3.01. The fourth-order valence-electron chi connectivity index (χ4n) is 3.23. The van der Waals surface area contributed by atoms with Crippen LogP contribution in [0.5, 0.6) is 0 Å². The molecule has 0 fully saturated rings. The normalized spacial score (nSPS) is 16.7. The number of aromatic nitrogens is 2. The van der Waals surface area contributed by atoms with Gasteiger partial charge in [0.25, 0.3) is 0 Å². The molecule has 0 radical (unpaired) electrons.